The van der Waals surface area contributed by atoms with Gasteiger partial charge in [0.25, 0.3) is 0 Å². The number of Topliss-reactive ketones (excluding diaryl/α,β-unsaturated/α-hetero) is 1. The first-order chi connectivity index (χ1) is 17.0. The van der Waals surface area contributed by atoms with Gasteiger partial charge in [0.15, 0.2) is 0 Å². The molecule has 2 aliphatic carbocycles. The average Bonchev–Trinajstić information content (AvgIpc) is 3.49. The molecule has 0 aromatic rings. The van der Waals surface area contributed by atoms with Gasteiger partial charge in [-0.05, 0) is 50.4 Å². The second-order valence-corrected chi connectivity index (χ2v) is 8.77. The van der Waals surface area contributed by atoms with Crippen molar-refractivity contribution in [1.82, 2.24) is 0 Å². The zero-order valence-corrected chi connectivity index (χ0v) is 20.3. The van der Waals surface area contributed by atoms with Gasteiger partial charge < -0.3 is 24.1 Å². The van der Waals surface area contributed by atoms with Crippen LogP contribution in [0.2, 0.25) is 0 Å². The van der Waals surface area contributed by atoms with Gasteiger partial charge in [-0.15, -0.1) is 11.8 Å². The Morgan fingerprint density at radius 3 is 2.45 bits per heavy atom. The lowest BCUT2D eigenvalue weighted by Gasteiger charge is -2.17. The van der Waals surface area contributed by atoms with Gasteiger partial charge in [0.05, 0.1) is 19.6 Å². The molecule has 2 aliphatic rings. The van der Waals surface area contributed by atoms with E-state index >= 15 is 0 Å². The molecule has 188 valence electrons. The average molecular weight is 470 g/mol. The highest BCUT2D eigenvalue weighted by Crippen LogP contribution is 2.52. The van der Waals surface area contributed by atoms with Crippen LogP contribution in [-0.4, -0.2) is 56.8 Å². The summed E-state index contributed by atoms with van der Waals surface area (Å²) in [4.78, 5) is 34.8. The predicted molar refractivity (Wildman–Crippen MR) is 125 cm³/mol. The Kier molecular flexibility index (Phi) is 13.0. The monoisotopic (exact) mass is 469 g/mol. The zero-order chi connectivity index (χ0) is 25.9. The fourth-order valence-corrected chi connectivity index (χ4v) is 4.25. The molecular weight excluding hydrogens is 424 g/mol. The van der Waals surface area contributed by atoms with E-state index in [1.807, 2.05) is 0 Å². The molecular formula is C26H42O7. The van der Waals surface area contributed by atoms with Crippen LogP contribution in [0.1, 0.15) is 86.3 Å². The van der Waals surface area contributed by atoms with Crippen LogP contribution >= 0.6 is 0 Å². The quantitative estimate of drug-likeness (QED) is 0.196. The Morgan fingerprint density at radius 2 is 1.79 bits per heavy atom. The summed E-state index contributed by atoms with van der Waals surface area (Å²) in [5.41, 5.74) is 0. The number of rotatable bonds is 17. The highest BCUT2D eigenvalue weighted by Gasteiger charge is 2.49. The van der Waals surface area contributed by atoms with Crippen molar-refractivity contribution >= 4 is 17.7 Å². The van der Waals surface area contributed by atoms with Crippen molar-refractivity contribution < 1.29 is 35.1 Å². The Morgan fingerprint density at radius 1 is 1.06 bits per heavy atom. The summed E-state index contributed by atoms with van der Waals surface area (Å²) >= 11 is 0. The van der Waals surface area contributed by atoms with Crippen LogP contribution in [-0.2, 0) is 28.6 Å². The molecule has 7 nitrogen and oxygen atoms in total. The molecule has 0 aromatic heterocycles. The third kappa shape index (κ3) is 12.2. The first-order valence-electron chi connectivity index (χ1n) is 13.4. The number of ether oxygens (including phenoxy) is 3. The maximum atomic E-state index is 12.0. The van der Waals surface area contributed by atoms with Gasteiger partial charge >= 0.3 is 11.9 Å². The van der Waals surface area contributed by atoms with Crippen LogP contribution in [0.15, 0.2) is 0 Å². The Labute approximate surface area is 201 Å². The highest BCUT2D eigenvalue weighted by atomic mass is 16.5. The van der Waals surface area contributed by atoms with Gasteiger partial charge in [-0.2, -0.15) is 0 Å². The van der Waals surface area contributed by atoms with Crippen LogP contribution < -0.4 is 0 Å². The topological polar surface area (TPSA) is 99.1 Å². The van der Waals surface area contributed by atoms with E-state index in [0.29, 0.717) is 63.3 Å². The zero-order valence-electron chi connectivity index (χ0n) is 22.3. The second kappa shape index (κ2) is 16.7. The van der Waals surface area contributed by atoms with Gasteiger partial charge in [-0.1, -0.05) is 7.40 Å². The second-order valence-electron chi connectivity index (χ2n) is 8.77. The molecule has 1 N–H and O–H groups in total. The number of fused-ring (bicyclic) bond motifs is 1. The summed E-state index contributed by atoms with van der Waals surface area (Å²) in [7, 11) is 1.25. The lowest BCUT2D eigenvalue weighted by atomic mass is 10.1. The van der Waals surface area contributed by atoms with Crippen molar-refractivity contribution in [2.45, 2.75) is 91.1 Å². The number of aliphatic hydroxyl groups is 1. The summed E-state index contributed by atoms with van der Waals surface area (Å²) in [5, 5.41) is 4.33. The molecule has 0 spiro atoms. The smallest absolute Gasteiger partial charge is 0.306 e. The van der Waals surface area contributed by atoms with E-state index in [0.717, 1.165) is 32.1 Å². The van der Waals surface area contributed by atoms with Gasteiger partial charge in [-0.25, -0.2) is 0 Å². The molecule has 4 atom stereocenters. The van der Waals surface area contributed by atoms with Gasteiger partial charge in [0.2, 0.25) is 1.43 Å². The summed E-state index contributed by atoms with van der Waals surface area (Å²) in [6.45, 7) is 3.05. The standard InChI is InChI=1S/C25H38O7.CH4/c1-19(27)11-12-25(29)32-20(13-15-26)14-17-30-16-7-6-10-24(28)31-18-23-21-8-4-2-3-5-9-22(21)23;/h20-23,26H,4-18H2,1H3;1H4/t20?,21-,22+,23?;/i26D;1T. The number of ketones is 1. The van der Waals surface area contributed by atoms with E-state index in [1.54, 1.807) is 0 Å². The third-order valence-electron chi connectivity index (χ3n) is 6.20. The predicted octanol–water partition coefficient (Wildman–Crippen LogP) is 3.85. The molecule has 0 amide bonds. The van der Waals surface area contributed by atoms with Gasteiger partial charge in [-0.3, -0.25) is 9.59 Å². The Bertz CT molecular complexity index is 671. The molecule has 33 heavy (non-hydrogen) atoms. The van der Waals surface area contributed by atoms with Crippen molar-refractivity contribution in [3.05, 3.63) is 0 Å². The number of hydrogen-bond donors (Lipinski definition) is 1. The van der Waals surface area contributed by atoms with Gasteiger partial charge in [0, 0.05) is 53.1 Å². The number of carbonyl (C=O) groups excluding carboxylic acids is 3. The van der Waals surface area contributed by atoms with Crippen LogP contribution in [0.5, 0.6) is 0 Å². The van der Waals surface area contributed by atoms with E-state index < -0.39 is 12.1 Å². The molecule has 2 rings (SSSR count). The largest absolute Gasteiger partial charge is 0.465 e. The summed E-state index contributed by atoms with van der Waals surface area (Å²) < 4.78 is 29.0. The minimum absolute atomic E-state index is 0.0565. The molecule has 0 aliphatic heterocycles. The van der Waals surface area contributed by atoms with E-state index in [4.69, 9.17) is 17.0 Å². The molecule has 0 heterocycles. The van der Waals surface area contributed by atoms with E-state index in [-0.39, 0.29) is 31.2 Å². The van der Waals surface area contributed by atoms with Crippen LogP contribution in [0, 0.1) is 29.6 Å². The fraction of sp³-hybridized carbons (Fsp3) is 0.808. The molecule has 1 saturated carbocycles. The molecule has 0 saturated heterocycles. The van der Waals surface area contributed by atoms with Crippen LogP contribution in [0.25, 0.3) is 0 Å². The van der Waals surface area contributed by atoms with E-state index in [9.17, 15) is 14.4 Å². The number of aliphatic hydroxyl groups excluding tert-OH is 1. The molecule has 2 unspecified atom stereocenters. The normalized spacial score (nSPS) is 22.3. The van der Waals surface area contributed by atoms with Gasteiger partial charge in [0.1, 0.15) is 11.9 Å². The first-order valence-corrected chi connectivity index (χ1v) is 12.0. The summed E-state index contributed by atoms with van der Waals surface area (Å²) in [6.07, 6.45) is 6.75. The third-order valence-corrected chi connectivity index (χ3v) is 6.20. The molecule has 0 radical (unpaired) electrons. The lowest BCUT2D eigenvalue weighted by molar-refractivity contribution is -0.151. The minimum atomic E-state index is -0.427. The molecule has 1 fully saturated rings. The SMILES string of the molecule is [2H]OCCC(CCOCCCCC(=O)OCC1[C@H]2CCC#CCC[C@@H]12)OC(=O)CCC(C)=O.[3H]C. The van der Waals surface area contributed by atoms with Crippen LogP contribution in [0.4, 0.5) is 0 Å². The number of carbonyl (C=O) groups is 3. The highest BCUT2D eigenvalue weighted by molar-refractivity contribution is 5.81. The van der Waals surface area contributed by atoms with Crippen molar-refractivity contribution in [2.24, 2.45) is 17.8 Å². The first kappa shape index (κ1) is 25.7. The Balaban J connectivity index is 0.00000298. The molecule has 0 aromatic carbocycles. The van der Waals surface area contributed by atoms with Crippen LogP contribution in [0.3, 0.4) is 0 Å². The number of esters is 2. The van der Waals surface area contributed by atoms with Crippen molar-refractivity contribution in [2.75, 3.05) is 26.4 Å². The van der Waals surface area contributed by atoms with E-state index in [2.05, 4.69) is 16.9 Å². The maximum absolute atomic E-state index is 12.0. The minimum Gasteiger partial charge on any atom is -0.465 e. The van der Waals surface area contributed by atoms with Crippen molar-refractivity contribution in [3.8, 4) is 11.8 Å². The summed E-state index contributed by atoms with van der Waals surface area (Å²) in [5.74, 6) is 7.65. The molecule has 0 bridgehead atoms. The maximum Gasteiger partial charge on any atom is 0.306 e. The molecule has 7 heteroatoms. The van der Waals surface area contributed by atoms with Crippen molar-refractivity contribution in [1.29, 1.82) is 1.43 Å². The number of unbranched alkanes of at least 4 members (excludes halogenated alkanes) is 1. The van der Waals surface area contributed by atoms with Crippen molar-refractivity contribution in [3.63, 3.8) is 0 Å². The van der Waals surface area contributed by atoms with E-state index in [1.165, 1.54) is 14.3 Å². The lowest BCUT2D eigenvalue weighted by Crippen LogP contribution is -2.22. The Hall–Kier alpha value is -1.91. The summed E-state index contributed by atoms with van der Waals surface area (Å²) in [6, 6.07) is 0. The fourth-order valence-electron chi connectivity index (χ4n) is 4.25. The number of hydrogen-bond acceptors (Lipinski definition) is 7.